The molecule has 0 atom stereocenters. The molecule has 0 radical (unpaired) electrons. The first kappa shape index (κ1) is 17.6. The Balaban J connectivity index is 0.000000267. The van der Waals surface area contributed by atoms with E-state index in [1.165, 1.54) is 0 Å². The SMILES string of the molecule is Cl.O=C(O)C([SH]1C=CC=C1)[SH]1C=CC=C1.c1ccncc1. The van der Waals surface area contributed by atoms with Gasteiger partial charge in [0, 0.05) is 12.4 Å². The number of hydrogen-bond donors (Lipinski definition) is 3. The zero-order valence-corrected chi connectivity index (χ0v) is 13.8. The Kier molecular flexibility index (Phi) is 7.97. The molecule has 1 aromatic heterocycles. The van der Waals surface area contributed by atoms with Crippen molar-refractivity contribution >= 4 is 40.2 Å². The number of carboxylic acid groups (broad SMARTS) is 1. The largest absolute Gasteiger partial charge is 0.480 e. The lowest BCUT2D eigenvalue weighted by Gasteiger charge is -2.26. The number of allylic oxidation sites excluding steroid dienone is 4. The molecule has 1 N–H and O–H groups in total. The van der Waals surface area contributed by atoms with Crippen LogP contribution in [-0.4, -0.2) is 20.6 Å². The lowest BCUT2D eigenvalue weighted by atomic mass is 10.5. The molecule has 2 aliphatic heterocycles. The van der Waals surface area contributed by atoms with Crippen LogP contribution in [0.2, 0.25) is 0 Å². The Bertz CT molecular complexity index is 479. The van der Waals surface area contributed by atoms with Gasteiger partial charge in [-0.1, -0.05) is 30.4 Å². The third-order valence-corrected chi connectivity index (χ3v) is 7.84. The van der Waals surface area contributed by atoms with Gasteiger partial charge in [0.05, 0.1) is 0 Å². The number of carbonyl (C=O) groups is 1. The van der Waals surface area contributed by atoms with Gasteiger partial charge in [-0.3, -0.25) is 9.78 Å². The quantitative estimate of drug-likeness (QED) is 0.727. The van der Waals surface area contributed by atoms with Crippen molar-refractivity contribution in [3.05, 3.63) is 76.5 Å². The molecular formula is C15H18ClNO2S2. The first-order valence-electron chi connectivity index (χ1n) is 6.12. The number of aliphatic carboxylic acids is 1. The molecule has 1 aromatic rings. The summed E-state index contributed by atoms with van der Waals surface area (Å²) < 4.78 is -0.231. The molecule has 0 spiro atoms. The van der Waals surface area contributed by atoms with Gasteiger partial charge in [0.25, 0.3) is 0 Å². The highest BCUT2D eigenvalue weighted by molar-refractivity contribution is 8.39. The zero-order valence-electron chi connectivity index (χ0n) is 11.2. The van der Waals surface area contributed by atoms with Crippen molar-refractivity contribution in [1.29, 1.82) is 0 Å². The van der Waals surface area contributed by atoms with E-state index in [0.29, 0.717) is 0 Å². The standard InChI is InChI=1S/C10H12O2S2.C5H5N.ClH/c11-9(12)10(13-5-1-2-6-13)14-7-3-4-8-14;1-2-4-6-5-3-1;/h1-8,10,13-14H,(H,11,12);1-5H;1H. The molecule has 21 heavy (non-hydrogen) atoms. The van der Waals surface area contributed by atoms with Gasteiger partial charge < -0.3 is 5.11 Å². The fourth-order valence-electron chi connectivity index (χ4n) is 1.74. The molecule has 0 bridgehead atoms. The van der Waals surface area contributed by atoms with Crippen LogP contribution in [-0.2, 0) is 4.79 Å². The van der Waals surface area contributed by atoms with Crippen molar-refractivity contribution < 1.29 is 9.90 Å². The minimum atomic E-state index is -0.672. The summed E-state index contributed by atoms with van der Waals surface area (Å²) in [5, 5.41) is 17.3. The van der Waals surface area contributed by atoms with Crippen LogP contribution in [0, 0.1) is 0 Å². The van der Waals surface area contributed by atoms with E-state index < -0.39 is 27.8 Å². The van der Waals surface area contributed by atoms with Crippen molar-refractivity contribution in [2.45, 2.75) is 4.58 Å². The lowest BCUT2D eigenvalue weighted by molar-refractivity contribution is -0.134. The maximum Gasteiger partial charge on any atom is 0.324 e. The number of carboxylic acids is 1. The van der Waals surface area contributed by atoms with E-state index in [0.717, 1.165) is 0 Å². The summed E-state index contributed by atoms with van der Waals surface area (Å²) in [6, 6.07) is 5.72. The summed E-state index contributed by atoms with van der Waals surface area (Å²) in [6.45, 7) is 0. The normalized spacial score (nSPS) is 17.6. The molecular weight excluding hydrogens is 326 g/mol. The third kappa shape index (κ3) is 5.46. The molecule has 114 valence electrons. The molecule has 0 aliphatic carbocycles. The van der Waals surface area contributed by atoms with Gasteiger partial charge in [-0.05, 0) is 33.8 Å². The van der Waals surface area contributed by atoms with Crippen LogP contribution in [0.15, 0.2) is 76.5 Å². The minimum Gasteiger partial charge on any atom is -0.480 e. The Hall–Kier alpha value is -1.43. The Morgan fingerprint density at radius 1 is 0.857 bits per heavy atom. The molecule has 3 heterocycles. The Labute approximate surface area is 136 Å². The molecule has 0 fully saturated rings. The number of hydrogen-bond acceptors (Lipinski definition) is 2. The lowest BCUT2D eigenvalue weighted by Crippen LogP contribution is -2.16. The topological polar surface area (TPSA) is 50.2 Å². The summed E-state index contributed by atoms with van der Waals surface area (Å²) >= 11 is 0. The van der Waals surface area contributed by atoms with Crippen molar-refractivity contribution in [3.8, 4) is 0 Å². The summed E-state index contributed by atoms with van der Waals surface area (Å²) in [5.41, 5.74) is 0. The average molecular weight is 344 g/mol. The van der Waals surface area contributed by atoms with E-state index in [1.807, 2.05) is 64.1 Å². The molecule has 0 amide bonds. The number of nitrogens with zero attached hydrogens (tertiary/aromatic N) is 1. The molecule has 0 saturated heterocycles. The maximum absolute atomic E-state index is 11.2. The zero-order chi connectivity index (χ0) is 14.2. The molecule has 3 rings (SSSR count). The minimum absolute atomic E-state index is 0. The number of aromatic nitrogens is 1. The molecule has 6 heteroatoms. The molecule has 2 aliphatic rings. The molecule has 3 nitrogen and oxygen atoms in total. The van der Waals surface area contributed by atoms with Gasteiger partial charge in [0.2, 0.25) is 0 Å². The second-order valence-corrected chi connectivity index (χ2v) is 8.42. The highest BCUT2D eigenvalue weighted by atomic mass is 35.5. The second-order valence-electron chi connectivity index (χ2n) is 4.00. The van der Waals surface area contributed by atoms with Crippen molar-refractivity contribution in [2.24, 2.45) is 0 Å². The van der Waals surface area contributed by atoms with Crippen LogP contribution in [0.5, 0.6) is 0 Å². The summed E-state index contributed by atoms with van der Waals surface area (Å²) in [4.78, 5) is 15.0. The van der Waals surface area contributed by atoms with E-state index in [4.69, 9.17) is 0 Å². The predicted molar refractivity (Wildman–Crippen MR) is 97.4 cm³/mol. The monoisotopic (exact) mass is 343 g/mol. The van der Waals surface area contributed by atoms with Crippen LogP contribution in [0.3, 0.4) is 0 Å². The van der Waals surface area contributed by atoms with Gasteiger partial charge in [0.1, 0.15) is 4.58 Å². The van der Waals surface area contributed by atoms with E-state index in [9.17, 15) is 9.90 Å². The highest BCUT2D eigenvalue weighted by Crippen LogP contribution is 2.53. The maximum atomic E-state index is 11.2. The van der Waals surface area contributed by atoms with Gasteiger partial charge in [-0.2, -0.15) is 21.8 Å². The predicted octanol–water partition coefficient (Wildman–Crippen LogP) is 3.98. The third-order valence-electron chi connectivity index (χ3n) is 2.61. The smallest absolute Gasteiger partial charge is 0.324 e. The van der Waals surface area contributed by atoms with E-state index >= 15 is 0 Å². The number of rotatable bonds is 3. The van der Waals surface area contributed by atoms with Crippen molar-refractivity contribution in [3.63, 3.8) is 0 Å². The first-order valence-corrected chi connectivity index (χ1v) is 9.21. The van der Waals surface area contributed by atoms with E-state index in [-0.39, 0.29) is 17.0 Å². The van der Waals surface area contributed by atoms with E-state index in [1.54, 1.807) is 12.4 Å². The Morgan fingerprint density at radius 2 is 1.29 bits per heavy atom. The fraction of sp³-hybridized carbons (Fsp3) is 0.0667. The first-order chi connectivity index (χ1) is 9.79. The molecule has 0 aromatic carbocycles. The summed E-state index contributed by atoms with van der Waals surface area (Å²) in [5.74, 6) is -0.672. The van der Waals surface area contributed by atoms with Crippen LogP contribution >= 0.6 is 34.2 Å². The van der Waals surface area contributed by atoms with Gasteiger partial charge in [-0.25, -0.2) is 0 Å². The van der Waals surface area contributed by atoms with Gasteiger partial charge >= 0.3 is 5.97 Å². The summed E-state index contributed by atoms with van der Waals surface area (Å²) in [7, 11) is -1.19. The summed E-state index contributed by atoms with van der Waals surface area (Å²) in [6.07, 6.45) is 11.3. The number of thiol groups is 2. The van der Waals surface area contributed by atoms with Gasteiger partial charge in [-0.15, -0.1) is 12.4 Å². The van der Waals surface area contributed by atoms with Crippen molar-refractivity contribution in [2.75, 3.05) is 0 Å². The van der Waals surface area contributed by atoms with Crippen LogP contribution in [0.25, 0.3) is 0 Å². The fourth-order valence-corrected chi connectivity index (χ4v) is 6.45. The average Bonchev–Trinajstić information content (AvgIpc) is 3.15. The van der Waals surface area contributed by atoms with Crippen LogP contribution in [0.4, 0.5) is 0 Å². The van der Waals surface area contributed by atoms with Crippen molar-refractivity contribution in [1.82, 2.24) is 4.98 Å². The van der Waals surface area contributed by atoms with Gasteiger partial charge in [0.15, 0.2) is 0 Å². The molecule has 0 unspecified atom stereocenters. The van der Waals surface area contributed by atoms with E-state index in [2.05, 4.69) is 4.98 Å². The van der Waals surface area contributed by atoms with Crippen LogP contribution in [0.1, 0.15) is 0 Å². The number of halogens is 1. The van der Waals surface area contributed by atoms with Crippen LogP contribution < -0.4 is 0 Å². The Morgan fingerprint density at radius 3 is 1.52 bits per heavy atom. The number of pyridine rings is 1. The molecule has 0 saturated carbocycles. The highest BCUT2D eigenvalue weighted by Gasteiger charge is 2.27. The second kappa shape index (κ2) is 9.50.